The van der Waals surface area contributed by atoms with Crippen molar-refractivity contribution in [2.45, 2.75) is 26.4 Å². The molecule has 0 aromatic carbocycles. The van der Waals surface area contributed by atoms with Crippen molar-refractivity contribution in [3.63, 3.8) is 0 Å². The van der Waals surface area contributed by atoms with Crippen molar-refractivity contribution in [3.8, 4) is 0 Å². The van der Waals surface area contributed by atoms with Crippen LogP contribution in [0.2, 0.25) is 0 Å². The lowest BCUT2D eigenvalue weighted by Crippen LogP contribution is -2.18. The van der Waals surface area contributed by atoms with E-state index in [1.807, 2.05) is 0 Å². The molecule has 0 aliphatic heterocycles. The highest BCUT2D eigenvalue weighted by Crippen LogP contribution is 2.58. The average Bonchev–Trinajstić information content (AvgIpc) is 1.76. The Hall–Kier alpha value is 0.640. The van der Waals surface area contributed by atoms with E-state index in [4.69, 9.17) is 14.7 Å². The van der Waals surface area contributed by atoms with Crippen molar-refractivity contribution < 1.29 is 33.1 Å². The molecule has 0 fully saturated rings. The second kappa shape index (κ2) is 4.65. The van der Waals surface area contributed by atoms with Crippen molar-refractivity contribution in [1.82, 2.24) is 0 Å². The first-order valence-corrected chi connectivity index (χ1v) is 7.50. The minimum absolute atomic E-state index is 0.773. The van der Waals surface area contributed by atoms with Crippen LogP contribution in [-0.2, 0) is 30.2 Å². The zero-order valence-electron chi connectivity index (χ0n) is 7.78. The summed E-state index contributed by atoms with van der Waals surface area (Å²) in [7, 11) is -4.88. The van der Waals surface area contributed by atoms with Crippen molar-refractivity contribution >= 4 is 26.3 Å². The third-order valence-electron chi connectivity index (χ3n) is 0.591. The van der Waals surface area contributed by atoms with Gasteiger partial charge >= 0.3 is 14.5 Å². The quantitative estimate of drug-likeness (QED) is 0.394. The zero-order valence-corrected chi connectivity index (χ0v) is 10.4. The van der Waals surface area contributed by atoms with Gasteiger partial charge in [0, 0.05) is 0 Å². The minimum Gasteiger partial charge on any atom is -0.323 e. The third-order valence-corrected chi connectivity index (χ3v) is 3.31. The largest absolute Gasteiger partial charge is 0.476 e. The van der Waals surface area contributed by atoms with E-state index in [1.165, 1.54) is 0 Å². The molecular formula is C4H12O7P2S. The monoisotopic (exact) mass is 266 g/mol. The van der Waals surface area contributed by atoms with Crippen LogP contribution in [0.1, 0.15) is 20.8 Å². The van der Waals surface area contributed by atoms with Crippen LogP contribution in [0.15, 0.2) is 0 Å². The van der Waals surface area contributed by atoms with E-state index in [0.29, 0.717) is 0 Å². The van der Waals surface area contributed by atoms with Crippen molar-refractivity contribution in [2.75, 3.05) is 0 Å². The molecule has 3 N–H and O–H groups in total. The Morgan fingerprint density at radius 3 is 1.93 bits per heavy atom. The number of rotatable bonds is 4. The van der Waals surface area contributed by atoms with Gasteiger partial charge in [-0.05, 0) is 32.6 Å². The smallest absolute Gasteiger partial charge is 0.323 e. The van der Waals surface area contributed by atoms with Gasteiger partial charge in [0.05, 0.1) is 5.60 Å². The second-order valence-corrected chi connectivity index (χ2v) is 7.42. The average molecular weight is 266 g/mol. The summed E-state index contributed by atoms with van der Waals surface area (Å²) in [5, 5.41) is 0. The molecule has 0 aromatic rings. The fourth-order valence-electron chi connectivity index (χ4n) is 0.307. The van der Waals surface area contributed by atoms with Gasteiger partial charge in [-0.25, -0.2) is 13.8 Å². The van der Waals surface area contributed by atoms with Crippen molar-refractivity contribution in [3.05, 3.63) is 0 Å². The summed E-state index contributed by atoms with van der Waals surface area (Å²) in [6.07, 6.45) is 0. The number of hydrogen-bond donors (Lipinski definition) is 3. The van der Waals surface area contributed by atoms with Gasteiger partial charge < -0.3 is 14.7 Å². The summed E-state index contributed by atoms with van der Waals surface area (Å²) in [4.78, 5) is 30.3. The molecular weight excluding hydrogens is 254 g/mol. The molecule has 0 heterocycles. The maximum atomic E-state index is 10.3. The molecule has 0 spiro atoms. The standard InChI is InChI=1S/C4H12O7P2S/c1-4(2,3)9-10-13(8,14)11-12(5,6)7/h1-3H3,(H,8,14)(H2,5,6,7). The summed E-state index contributed by atoms with van der Waals surface area (Å²) >= 11 is 4.26. The van der Waals surface area contributed by atoms with Gasteiger partial charge in [-0.2, -0.15) is 0 Å². The lowest BCUT2D eigenvalue weighted by atomic mass is 10.2. The normalized spacial score (nSPS) is 17.9. The zero-order chi connectivity index (χ0) is 11.6. The summed E-state index contributed by atoms with van der Waals surface area (Å²) in [5.41, 5.74) is -0.773. The van der Waals surface area contributed by atoms with Gasteiger partial charge in [-0.15, -0.1) is 4.67 Å². The van der Waals surface area contributed by atoms with E-state index in [2.05, 4.69) is 25.7 Å². The first-order chi connectivity index (χ1) is 5.91. The van der Waals surface area contributed by atoms with Gasteiger partial charge in [0.15, 0.2) is 0 Å². The Balaban J connectivity index is 4.24. The van der Waals surface area contributed by atoms with Gasteiger partial charge in [-0.3, -0.25) is 0 Å². The lowest BCUT2D eigenvalue weighted by Gasteiger charge is -2.21. The maximum Gasteiger partial charge on any atom is 0.476 e. The molecule has 0 aliphatic carbocycles. The summed E-state index contributed by atoms with van der Waals surface area (Å²) in [6, 6.07) is 0. The van der Waals surface area contributed by atoms with E-state index < -0.39 is 20.1 Å². The van der Waals surface area contributed by atoms with Crippen LogP contribution in [-0.4, -0.2) is 20.3 Å². The Kier molecular flexibility index (Phi) is 4.87. The lowest BCUT2D eigenvalue weighted by molar-refractivity contribution is -0.280. The van der Waals surface area contributed by atoms with Crippen LogP contribution in [0.3, 0.4) is 0 Å². The molecule has 0 saturated heterocycles. The third kappa shape index (κ3) is 9.21. The summed E-state index contributed by atoms with van der Waals surface area (Å²) < 4.78 is 18.4. The van der Waals surface area contributed by atoms with Gasteiger partial charge in [-0.1, -0.05) is 0 Å². The van der Waals surface area contributed by atoms with E-state index in [9.17, 15) is 4.57 Å². The van der Waals surface area contributed by atoms with Gasteiger partial charge in [0.25, 0.3) is 0 Å². The first-order valence-electron chi connectivity index (χ1n) is 3.38. The molecule has 7 nitrogen and oxygen atoms in total. The highest BCUT2D eigenvalue weighted by Gasteiger charge is 2.30. The molecule has 1 atom stereocenters. The molecule has 10 heteroatoms. The maximum absolute atomic E-state index is 10.3. The number of phosphoric acid groups is 1. The molecule has 14 heavy (non-hydrogen) atoms. The fourth-order valence-corrected chi connectivity index (χ4v) is 2.68. The molecule has 0 amide bonds. The molecule has 0 rings (SSSR count). The van der Waals surface area contributed by atoms with Crippen LogP contribution in [0, 0.1) is 0 Å². The van der Waals surface area contributed by atoms with Crippen LogP contribution in [0.25, 0.3) is 0 Å². The first kappa shape index (κ1) is 14.6. The molecule has 0 aromatic heterocycles. The second-order valence-electron chi connectivity index (χ2n) is 3.31. The highest BCUT2D eigenvalue weighted by atomic mass is 32.5. The number of hydrogen-bond acceptors (Lipinski definition) is 5. The molecule has 0 radical (unpaired) electrons. The van der Waals surface area contributed by atoms with Crippen LogP contribution < -0.4 is 0 Å². The predicted molar refractivity (Wildman–Crippen MR) is 51.6 cm³/mol. The predicted octanol–water partition coefficient (Wildman–Crippen LogP) is 1.06. The van der Waals surface area contributed by atoms with Crippen LogP contribution in [0.5, 0.6) is 0 Å². The van der Waals surface area contributed by atoms with Gasteiger partial charge in [0.1, 0.15) is 0 Å². The van der Waals surface area contributed by atoms with Gasteiger partial charge in [0.2, 0.25) is 0 Å². The van der Waals surface area contributed by atoms with E-state index in [-0.39, 0.29) is 0 Å². The van der Waals surface area contributed by atoms with Crippen LogP contribution >= 0.6 is 14.5 Å². The Morgan fingerprint density at radius 1 is 1.21 bits per heavy atom. The van der Waals surface area contributed by atoms with E-state index >= 15 is 0 Å². The minimum atomic E-state index is -4.88. The van der Waals surface area contributed by atoms with Crippen LogP contribution in [0.4, 0.5) is 0 Å². The molecule has 86 valence electrons. The van der Waals surface area contributed by atoms with Crippen molar-refractivity contribution in [1.29, 1.82) is 0 Å². The van der Waals surface area contributed by atoms with E-state index in [1.54, 1.807) is 20.8 Å². The van der Waals surface area contributed by atoms with Crippen molar-refractivity contribution in [2.24, 2.45) is 0 Å². The molecule has 0 bridgehead atoms. The molecule has 0 aliphatic rings. The summed E-state index contributed by atoms with van der Waals surface area (Å²) in [6.45, 7) is 0.729. The summed E-state index contributed by atoms with van der Waals surface area (Å²) in [5.74, 6) is 0. The SMILES string of the molecule is CC(C)(C)OOP(O)(=S)OP(=O)(O)O. The topological polar surface area (TPSA) is 105 Å². The fraction of sp³-hybridized carbons (Fsp3) is 1.00. The Labute approximate surface area is 86.4 Å². The Morgan fingerprint density at radius 2 is 1.64 bits per heavy atom. The van der Waals surface area contributed by atoms with E-state index in [0.717, 1.165) is 0 Å². The molecule has 1 unspecified atom stereocenters. The molecule has 0 saturated carbocycles. The highest BCUT2D eigenvalue weighted by molar-refractivity contribution is 8.08. The Bertz CT molecular complexity index is 278.